The second-order valence-electron chi connectivity index (χ2n) is 6.21. The van der Waals surface area contributed by atoms with Crippen LogP contribution in [-0.4, -0.2) is 23.0 Å². The number of Topliss-reactive ketones (excluding diaryl/α,β-unsaturated/α-hetero) is 1. The zero-order valence-electron chi connectivity index (χ0n) is 13.3. The molecule has 120 valence electrons. The Labute approximate surface area is 139 Å². The fourth-order valence-corrected chi connectivity index (χ4v) is 3.22. The predicted octanol–water partition coefficient (Wildman–Crippen LogP) is 3.86. The highest BCUT2D eigenvalue weighted by Crippen LogP contribution is 2.51. The number of nitrogens with zero attached hydrogens (tertiary/aromatic N) is 1. The lowest BCUT2D eigenvalue weighted by atomic mass is 9.87. The minimum Gasteiger partial charge on any atom is -0.504 e. The third-order valence-corrected chi connectivity index (χ3v) is 4.77. The number of carbonyl (C=O) groups is 1. The van der Waals surface area contributed by atoms with Crippen LogP contribution in [0.5, 0.6) is 11.5 Å². The number of benzene rings is 2. The third kappa shape index (κ3) is 2.22. The minimum atomic E-state index is -0.523. The SMILES string of the molecule is COc1cc(C2(C(=O)c3cnc4ccccc4c3)CC2)ccc1O. The van der Waals surface area contributed by atoms with Crippen LogP contribution in [0.4, 0.5) is 0 Å². The number of phenols is 1. The fourth-order valence-electron chi connectivity index (χ4n) is 3.22. The second-order valence-corrected chi connectivity index (χ2v) is 6.21. The molecule has 0 amide bonds. The van der Waals surface area contributed by atoms with E-state index >= 15 is 0 Å². The summed E-state index contributed by atoms with van der Waals surface area (Å²) < 4.78 is 5.18. The van der Waals surface area contributed by atoms with Gasteiger partial charge in [-0.2, -0.15) is 0 Å². The molecule has 2 aromatic carbocycles. The van der Waals surface area contributed by atoms with E-state index < -0.39 is 5.41 Å². The largest absolute Gasteiger partial charge is 0.504 e. The van der Waals surface area contributed by atoms with Crippen LogP contribution in [0.15, 0.2) is 54.7 Å². The molecule has 1 fully saturated rings. The van der Waals surface area contributed by atoms with Crippen molar-refractivity contribution < 1.29 is 14.6 Å². The molecule has 0 saturated heterocycles. The van der Waals surface area contributed by atoms with E-state index in [-0.39, 0.29) is 11.5 Å². The first-order chi connectivity index (χ1) is 11.6. The summed E-state index contributed by atoms with van der Waals surface area (Å²) in [4.78, 5) is 17.5. The maximum Gasteiger partial charge on any atom is 0.174 e. The Balaban J connectivity index is 1.74. The third-order valence-electron chi connectivity index (χ3n) is 4.77. The van der Waals surface area contributed by atoms with Gasteiger partial charge < -0.3 is 9.84 Å². The summed E-state index contributed by atoms with van der Waals surface area (Å²) in [6, 6.07) is 14.8. The van der Waals surface area contributed by atoms with Gasteiger partial charge >= 0.3 is 0 Å². The highest BCUT2D eigenvalue weighted by molar-refractivity contribution is 6.07. The molecule has 0 radical (unpaired) electrons. The van der Waals surface area contributed by atoms with E-state index in [9.17, 15) is 9.90 Å². The number of aromatic hydroxyl groups is 1. The summed E-state index contributed by atoms with van der Waals surface area (Å²) in [5, 5.41) is 10.7. The van der Waals surface area contributed by atoms with Crippen LogP contribution in [0.25, 0.3) is 10.9 Å². The molecule has 4 rings (SSSR count). The topological polar surface area (TPSA) is 59.4 Å². The van der Waals surface area contributed by atoms with E-state index in [0.29, 0.717) is 11.3 Å². The molecule has 0 bridgehead atoms. The molecule has 0 aliphatic heterocycles. The van der Waals surface area contributed by atoms with Gasteiger partial charge in [-0.05, 0) is 42.7 Å². The molecule has 4 heteroatoms. The lowest BCUT2D eigenvalue weighted by Gasteiger charge is -2.16. The maximum atomic E-state index is 13.1. The highest BCUT2D eigenvalue weighted by Gasteiger charge is 2.51. The average Bonchev–Trinajstić information content (AvgIpc) is 3.43. The van der Waals surface area contributed by atoms with Crippen molar-refractivity contribution >= 4 is 16.7 Å². The lowest BCUT2D eigenvalue weighted by Crippen LogP contribution is -2.21. The van der Waals surface area contributed by atoms with Crippen LogP contribution < -0.4 is 4.74 Å². The quantitative estimate of drug-likeness (QED) is 0.742. The Kier molecular flexibility index (Phi) is 3.27. The second kappa shape index (κ2) is 5.34. The van der Waals surface area contributed by atoms with Crippen LogP contribution in [0.2, 0.25) is 0 Å². The Morgan fingerprint density at radius 1 is 1.17 bits per heavy atom. The van der Waals surface area contributed by atoms with Crippen molar-refractivity contribution in [2.75, 3.05) is 7.11 Å². The predicted molar refractivity (Wildman–Crippen MR) is 91.6 cm³/mol. The molecule has 1 heterocycles. The molecule has 0 unspecified atom stereocenters. The van der Waals surface area contributed by atoms with Crippen molar-refractivity contribution in [2.24, 2.45) is 0 Å². The number of ketones is 1. The summed E-state index contributed by atoms with van der Waals surface area (Å²) in [6.45, 7) is 0. The number of para-hydroxylation sites is 1. The summed E-state index contributed by atoms with van der Waals surface area (Å²) >= 11 is 0. The normalized spacial score (nSPS) is 15.2. The number of methoxy groups -OCH3 is 1. The summed E-state index contributed by atoms with van der Waals surface area (Å²) in [6.07, 6.45) is 3.25. The van der Waals surface area contributed by atoms with Crippen LogP contribution >= 0.6 is 0 Å². The van der Waals surface area contributed by atoms with Gasteiger partial charge in [0.2, 0.25) is 0 Å². The van der Waals surface area contributed by atoms with Crippen molar-refractivity contribution in [3.63, 3.8) is 0 Å². The van der Waals surface area contributed by atoms with Gasteiger partial charge in [-0.3, -0.25) is 9.78 Å². The number of hydrogen-bond acceptors (Lipinski definition) is 4. The molecule has 1 N–H and O–H groups in total. The summed E-state index contributed by atoms with van der Waals surface area (Å²) in [5.41, 5.74) is 1.87. The average molecular weight is 319 g/mol. The maximum absolute atomic E-state index is 13.1. The smallest absolute Gasteiger partial charge is 0.174 e. The van der Waals surface area contributed by atoms with Crippen LogP contribution in [0, 0.1) is 0 Å². The van der Waals surface area contributed by atoms with Gasteiger partial charge in [0.15, 0.2) is 17.3 Å². The first kappa shape index (κ1) is 14.7. The first-order valence-corrected chi connectivity index (χ1v) is 7.91. The number of aromatic nitrogens is 1. The standard InChI is InChI=1S/C20H17NO3/c1-24-18-11-15(6-7-17(18)22)20(8-9-20)19(23)14-10-13-4-2-3-5-16(13)21-12-14/h2-7,10-12,22H,8-9H2,1H3. The number of ether oxygens (including phenoxy) is 1. The molecular weight excluding hydrogens is 302 g/mol. The number of phenolic OH excluding ortho intramolecular Hbond substituents is 1. The van der Waals surface area contributed by atoms with Crippen LogP contribution in [-0.2, 0) is 5.41 Å². The first-order valence-electron chi connectivity index (χ1n) is 7.91. The minimum absolute atomic E-state index is 0.0773. The van der Waals surface area contributed by atoms with E-state index in [0.717, 1.165) is 29.3 Å². The molecular formula is C20H17NO3. The molecule has 1 saturated carbocycles. The molecule has 24 heavy (non-hydrogen) atoms. The zero-order valence-corrected chi connectivity index (χ0v) is 13.3. The van der Waals surface area contributed by atoms with Crippen molar-refractivity contribution in [1.29, 1.82) is 0 Å². The van der Waals surface area contributed by atoms with Crippen molar-refractivity contribution in [3.05, 3.63) is 65.9 Å². The number of pyridine rings is 1. The van der Waals surface area contributed by atoms with E-state index in [1.807, 2.05) is 30.3 Å². The van der Waals surface area contributed by atoms with E-state index in [1.54, 1.807) is 24.4 Å². The van der Waals surface area contributed by atoms with Crippen molar-refractivity contribution in [2.45, 2.75) is 18.3 Å². The van der Waals surface area contributed by atoms with Gasteiger partial charge in [0.25, 0.3) is 0 Å². The van der Waals surface area contributed by atoms with Crippen LogP contribution in [0.1, 0.15) is 28.8 Å². The number of hydrogen-bond donors (Lipinski definition) is 1. The van der Waals surface area contributed by atoms with E-state index in [1.165, 1.54) is 7.11 Å². The Bertz CT molecular complexity index is 945. The molecule has 1 aliphatic rings. The van der Waals surface area contributed by atoms with E-state index in [2.05, 4.69) is 4.98 Å². The van der Waals surface area contributed by atoms with Gasteiger partial charge in [0.05, 0.1) is 18.0 Å². The fraction of sp³-hybridized carbons (Fsp3) is 0.200. The summed E-state index contributed by atoms with van der Waals surface area (Å²) in [7, 11) is 1.51. The number of fused-ring (bicyclic) bond motifs is 1. The molecule has 0 spiro atoms. The molecule has 0 atom stereocenters. The van der Waals surface area contributed by atoms with Gasteiger partial charge in [-0.15, -0.1) is 0 Å². The van der Waals surface area contributed by atoms with Crippen LogP contribution in [0.3, 0.4) is 0 Å². The van der Waals surface area contributed by atoms with Gasteiger partial charge in [-0.25, -0.2) is 0 Å². The van der Waals surface area contributed by atoms with Crippen molar-refractivity contribution in [1.82, 2.24) is 4.98 Å². The molecule has 1 aliphatic carbocycles. The Morgan fingerprint density at radius 3 is 2.71 bits per heavy atom. The molecule has 1 aromatic heterocycles. The monoisotopic (exact) mass is 319 g/mol. The van der Waals surface area contributed by atoms with Gasteiger partial charge in [0, 0.05) is 17.1 Å². The van der Waals surface area contributed by atoms with Gasteiger partial charge in [0.1, 0.15) is 0 Å². The zero-order chi connectivity index (χ0) is 16.7. The highest BCUT2D eigenvalue weighted by atomic mass is 16.5. The van der Waals surface area contributed by atoms with Gasteiger partial charge in [-0.1, -0.05) is 24.3 Å². The number of rotatable bonds is 4. The molecule has 4 nitrogen and oxygen atoms in total. The number of carbonyl (C=O) groups excluding carboxylic acids is 1. The Hall–Kier alpha value is -2.88. The Morgan fingerprint density at radius 2 is 1.96 bits per heavy atom. The van der Waals surface area contributed by atoms with E-state index in [4.69, 9.17) is 4.74 Å². The lowest BCUT2D eigenvalue weighted by molar-refractivity contribution is 0.0945. The van der Waals surface area contributed by atoms with Crippen molar-refractivity contribution in [3.8, 4) is 11.5 Å². The molecule has 3 aromatic rings. The summed E-state index contributed by atoms with van der Waals surface area (Å²) in [5.74, 6) is 0.550.